The molecule has 1 aromatic carbocycles. The molecular weight excluding hydrogens is 300 g/mol. The lowest BCUT2D eigenvalue weighted by molar-refractivity contribution is 0.357. The molecule has 0 aliphatic carbocycles. The number of ether oxygens (including phenoxy) is 1. The van der Waals surface area contributed by atoms with E-state index in [2.05, 4.69) is 38.8 Å². The van der Waals surface area contributed by atoms with E-state index in [0.29, 0.717) is 6.54 Å². The van der Waals surface area contributed by atoms with Gasteiger partial charge >= 0.3 is 0 Å². The van der Waals surface area contributed by atoms with E-state index in [9.17, 15) is 0 Å². The second-order valence-corrected chi connectivity index (χ2v) is 5.91. The summed E-state index contributed by atoms with van der Waals surface area (Å²) >= 11 is 0. The summed E-state index contributed by atoms with van der Waals surface area (Å²) in [5.74, 6) is 1.83. The van der Waals surface area contributed by atoms with Crippen LogP contribution in [0.15, 0.2) is 41.4 Å². The van der Waals surface area contributed by atoms with Gasteiger partial charge in [0, 0.05) is 25.7 Å². The van der Waals surface area contributed by atoms with Crippen LogP contribution in [-0.4, -0.2) is 31.1 Å². The van der Waals surface area contributed by atoms with Crippen molar-refractivity contribution < 1.29 is 4.74 Å². The zero-order valence-corrected chi connectivity index (χ0v) is 14.3. The number of aryl methyl sites for hydroxylation is 1. The van der Waals surface area contributed by atoms with Crippen LogP contribution in [-0.2, 0) is 19.4 Å². The number of rotatable bonds is 5. The Labute approximate surface area is 143 Å². The zero-order valence-electron chi connectivity index (χ0n) is 14.3. The fraction of sp³-hybridized carbons (Fsp3) is 0.368. The van der Waals surface area contributed by atoms with Crippen LogP contribution in [0.2, 0.25) is 0 Å². The molecule has 2 N–H and O–H groups in total. The van der Waals surface area contributed by atoms with Crippen molar-refractivity contribution in [1.82, 2.24) is 15.6 Å². The summed E-state index contributed by atoms with van der Waals surface area (Å²) in [6.45, 7) is 4.30. The molecule has 0 amide bonds. The average Bonchev–Trinajstić information content (AvgIpc) is 3.05. The first-order chi connectivity index (χ1) is 11.7. The molecule has 0 saturated heterocycles. The Balaban J connectivity index is 1.46. The Bertz CT molecular complexity index is 727. The number of nitrogens with zero attached hydrogens (tertiary/aromatic N) is 2. The number of guanidine groups is 1. The molecule has 1 aliphatic heterocycles. The van der Waals surface area contributed by atoms with Crippen LogP contribution >= 0.6 is 0 Å². The molecule has 0 spiro atoms. The normalized spacial score (nSPS) is 13.3. The van der Waals surface area contributed by atoms with Crippen LogP contribution in [0, 0.1) is 6.92 Å². The molecule has 0 saturated carbocycles. The molecule has 5 heteroatoms. The molecule has 0 radical (unpaired) electrons. The molecule has 0 fully saturated rings. The topological polar surface area (TPSA) is 58.5 Å². The van der Waals surface area contributed by atoms with Crippen molar-refractivity contribution in [1.29, 1.82) is 0 Å². The number of pyridine rings is 1. The van der Waals surface area contributed by atoms with Gasteiger partial charge in [0.05, 0.1) is 18.8 Å². The maximum absolute atomic E-state index is 5.55. The SMILES string of the molecule is CN=C(NCCc1ccc2c(c1)CCO2)NCc1cccc(C)n1. The number of aromatic nitrogens is 1. The molecule has 0 bridgehead atoms. The van der Waals surface area contributed by atoms with Gasteiger partial charge in [-0.15, -0.1) is 0 Å². The van der Waals surface area contributed by atoms with Crippen molar-refractivity contribution in [3.05, 3.63) is 58.9 Å². The third kappa shape index (κ3) is 4.25. The smallest absolute Gasteiger partial charge is 0.191 e. The van der Waals surface area contributed by atoms with Crippen molar-refractivity contribution in [3.63, 3.8) is 0 Å². The van der Waals surface area contributed by atoms with Gasteiger partial charge in [-0.25, -0.2) is 0 Å². The van der Waals surface area contributed by atoms with Gasteiger partial charge in [-0.3, -0.25) is 9.98 Å². The third-order valence-electron chi connectivity index (χ3n) is 4.07. The summed E-state index contributed by atoms with van der Waals surface area (Å²) in [6, 6.07) is 12.5. The van der Waals surface area contributed by atoms with E-state index in [0.717, 1.165) is 49.1 Å². The van der Waals surface area contributed by atoms with Gasteiger partial charge in [0.15, 0.2) is 5.96 Å². The standard InChI is InChI=1S/C19H24N4O/c1-14-4-3-5-17(23-14)13-22-19(20-2)21-10-8-15-6-7-18-16(12-15)9-11-24-18/h3-7,12H,8-11,13H2,1-2H3,(H2,20,21,22). The Kier molecular flexibility index (Phi) is 5.31. The minimum Gasteiger partial charge on any atom is -0.493 e. The summed E-state index contributed by atoms with van der Waals surface area (Å²) in [7, 11) is 1.78. The predicted octanol–water partition coefficient (Wildman–Crippen LogP) is 2.23. The quantitative estimate of drug-likeness (QED) is 0.654. The Morgan fingerprint density at radius 1 is 1.25 bits per heavy atom. The maximum atomic E-state index is 5.55. The zero-order chi connectivity index (χ0) is 16.8. The van der Waals surface area contributed by atoms with Crippen LogP contribution in [0.3, 0.4) is 0 Å². The van der Waals surface area contributed by atoms with Crippen LogP contribution < -0.4 is 15.4 Å². The Morgan fingerprint density at radius 2 is 2.17 bits per heavy atom. The predicted molar refractivity (Wildman–Crippen MR) is 96.5 cm³/mol. The molecule has 24 heavy (non-hydrogen) atoms. The highest BCUT2D eigenvalue weighted by molar-refractivity contribution is 5.79. The summed E-state index contributed by atoms with van der Waals surface area (Å²) in [6.07, 6.45) is 1.97. The Hall–Kier alpha value is -2.56. The number of hydrogen-bond donors (Lipinski definition) is 2. The molecule has 2 heterocycles. The monoisotopic (exact) mass is 324 g/mol. The largest absolute Gasteiger partial charge is 0.493 e. The van der Waals surface area contributed by atoms with Gasteiger partial charge in [-0.05, 0) is 42.7 Å². The number of aliphatic imine (C=N–C) groups is 1. The van der Waals surface area contributed by atoms with E-state index in [1.54, 1.807) is 7.05 Å². The molecule has 3 rings (SSSR count). The maximum Gasteiger partial charge on any atom is 0.191 e. The first-order valence-corrected chi connectivity index (χ1v) is 8.36. The fourth-order valence-corrected chi connectivity index (χ4v) is 2.81. The van der Waals surface area contributed by atoms with Crippen molar-refractivity contribution >= 4 is 5.96 Å². The van der Waals surface area contributed by atoms with Gasteiger partial charge in [-0.2, -0.15) is 0 Å². The fourth-order valence-electron chi connectivity index (χ4n) is 2.81. The summed E-state index contributed by atoms with van der Waals surface area (Å²) < 4.78 is 5.55. The molecule has 2 aromatic rings. The molecular formula is C19H24N4O. The van der Waals surface area contributed by atoms with Crippen LogP contribution in [0.1, 0.15) is 22.5 Å². The highest BCUT2D eigenvalue weighted by atomic mass is 16.5. The average molecular weight is 324 g/mol. The van der Waals surface area contributed by atoms with Gasteiger partial charge in [0.25, 0.3) is 0 Å². The first kappa shape index (κ1) is 16.3. The van der Waals surface area contributed by atoms with Crippen molar-refractivity contribution in [3.8, 4) is 5.75 Å². The van der Waals surface area contributed by atoms with Crippen molar-refractivity contribution in [2.45, 2.75) is 26.3 Å². The number of nitrogens with one attached hydrogen (secondary N) is 2. The van der Waals surface area contributed by atoms with Gasteiger partial charge < -0.3 is 15.4 Å². The minimum atomic E-state index is 0.664. The minimum absolute atomic E-state index is 0.664. The van der Waals surface area contributed by atoms with E-state index < -0.39 is 0 Å². The summed E-state index contributed by atoms with van der Waals surface area (Å²) in [5.41, 5.74) is 4.68. The van der Waals surface area contributed by atoms with Crippen molar-refractivity contribution in [2.75, 3.05) is 20.2 Å². The van der Waals surface area contributed by atoms with Crippen LogP contribution in [0.25, 0.3) is 0 Å². The molecule has 1 aromatic heterocycles. The highest BCUT2D eigenvalue weighted by Crippen LogP contribution is 2.25. The Morgan fingerprint density at radius 3 is 3.00 bits per heavy atom. The number of fused-ring (bicyclic) bond motifs is 1. The number of benzene rings is 1. The molecule has 126 valence electrons. The summed E-state index contributed by atoms with van der Waals surface area (Å²) in [4.78, 5) is 8.74. The lowest BCUT2D eigenvalue weighted by atomic mass is 10.1. The second kappa shape index (κ2) is 7.81. The third-order valence-corrected chi connectivity index (χ3v) is 4.07. The molecule has 0 unspecified atom stereocenters. The first-order valence-electron chi connectivity index (χ1n) is 8.36. The van der Waals surface area contributed by atoms with Gasteiger partial charge in [0.2, 0.25) is 0 Å². The van der Waals surface area contributed by atoms with Gasteiger partial charge in [0.1, 0.15) is 5.75 Å². The highest BCUT2D eigenvalue weighted by Gasteiger charge is 2.11. The second-order valence-electron chi connectivity index (χ2n) is 5.91. The van der Waals surface area contributed by atoms with Crippen LogP contribution in [0.4, 0.5) is 0 Å². The molecule has 5 nitrogen and oxygen atoms in total. The van der Waals surface area contributed by atoms with E-state index in [4.69, 9.17) is 4.74 Å². The molecule has 1 aliphatic rings. The lowest BCUT2D eigenvalue weighted by Gasteiger charge is -2.12. The van der Waals surface area contributed by atoms with Crippen LogP contribution in [0.5, 0.6) is 5.75 Å². The summed E-state index contributed by atoms with van der Waals surface area (Å²) in [5, 5.41) is 6.65. The van der Waals surface area contributed by atoms with Crippen molar-refractivity contribution in [2.24, 2.45) is 4.99 Å². The lowest BCUT2D eigenvalue weighted by Crippen LogP contribution is -2.38. The van der Waals surface area contributed by atoms with E-state index in [1.807, 2.05) is 25.1 Å². The van der Waals surface area contributed by atoms with E-state index in [1.165, 1.54) is 11.1 Å². The number of hydrogen-bond acceptors (Lipinski definition) is 3. The van der Waals surface area contributed by atoms with Gasteiger partial charge in [-0.1, -0.05) is 18.2 Å². The van der Waals surface area contributed by atoms with E-state index >= 15 is 0 Å². The van der Waals surface area contributed by atoms with E-state index in [-0.39, 0.29) is 0 Å². The molecule has 0 atom stereocenters.